The second-order valence-electron chi connectivity index (χ2n) is 5.58. The van der Waals surface area contributed by atoms with Gasteiger partial charge in [-0.15, -0.1) is 0 Å². The van der Waals surface area contributed by atoms with E-state index >= 15 is 0 Å². The van der Waals surface area contributed by atoms with E-state index in [9.17, 15) is 0 Å². The summed E-state index contributed by atoms with van der Waals surface area (Å²) >= 11 is 0. The van der Waals surface area contributed by atoms with Crippen molar-refractivity contribution in [3.8, 4) is 17.0 Å². The van der Waals surface area contributed by atoms with Crippen molar-refractivity contribution in [1.82, 2.24) is 10.2 Å². The Balaban J connectivity index is 1.90. The molecule has 0 amide bonds. The van der Waals surface area contributed by atoms with Crippen LogP contribution in [0.25, 0.3) is 11.3 Å². The molecule has 4 heteroatoms. The number of ether oxygens (including phenoxy) is 1. The number of nitrogens with one attached hydrogen (secondary N) is 1. The van der Waals surface area contributed by atoms with Crippen molar-refractivity contribution >= 4 is 11.4 Å². The van der Waals surface area contributed by atoms with Gasteiger partial charge in [-0.05, 0) is 31.2 Å². The van der Waals surface area contributed by atoms with Gasteiger partial charge in [0, 0.05) is 22.9 Å². The lowest BCUT2D eigenvalue weighted by Crippen LogP contribution is -2.21. The summed E-state index contributed by atoms with van der Waals surface area (Å²) in [5, 5.41) is 7.32. The molecule has 1 N–H and O–H groups in total. The third-order valence-electron chi connectivity index (χ3n) is 4.16. The molecule has 110 valence electrons. The van der Waals surface area contributed by atoms with Crippen LogP contribution in [-0.4, -0.2) is 17.3 Å². The number of aryl methyl sites for hydroxylation is 1. The zero-order valence-electron chi connectivity index (χ0n) is 12.6. The summed E-state index contributed by atoms with van der Waals surface area (Å²) in [5.41, 5.74) is 7.03. The molecular formula is C18H17N3O. The first-order valence-corrected chi connectivity index (χ1v) is 7.31. The highest BCUT2D eigenvalue weighted by Gasteiger charge is 2.25. The fourth-order valence-corrected chi connectivity index (χ4v) is 2.95. The Hall–Kier alpha value is -2.75. The quantitative estimate of drug-likeness (QED) is 0.774. The van der Waals surface area contributed by atoms with Crippen LogP contribution >= 0.6 is 0 Å². The Bertz CT molecular complexity index is 821. The van der Waals surface area contributed by atoms with E-state index in [0.29, 0.717) is 0 Å². The van der Waals surface area contributed by atoms with Crippen molar-refractivity contribution in [3.05, 3.63) is 59.8 Å². The lowest BCUT2D eigenvalue weighted by atomic mass is 9.99. The Kier molecular flexibility index (Phi) is 2.89. The number of aromatic nitrogens is 2. The number of anilines is 2. The minimum absolute atomic E-state index is 0.801. The second kappa shape index (κ2) is 4.91. The second-order valence-corrected chi connectivity index (χ2v) is 5.58. The molecule has 0 atom stereocenters. The minimum atomic E-state index is 0.801. The molecule has 0 unspecified atom stereocenters. The molecule has 4 rings (SSSR count). The van der Waals surface area contributed by atoms with Crippen LogP contribution in [0, 0.1) is 6.92 Å². The standard InChI is InChI=1S/C18H17N3O/c1-12-3-5-14(6-4-12)21-11-13-10-19-20-18(13)16-8-7-15(22-2)9-17(16)21/h3-10H,11H2,1-2H3,(H,19,20). The average Bonchev–Trinajstić information content (AvgIpc) is 3.03. The van der Waals surface area contributed by atoms with Crippen molar-refractivity contribution < 1.29 is 4.74 Å². The third kappa shape index (κ3) is 1.96. The minimum Gasteiger partial charge on any atom is -0.497 e. The molecule has 22 heavy (non-hydrogen) atoms. The van der Waals surface area contributed by atoms with Crippen LogP contribution in [-0.2, 0) is 6.54 Å². The molecule has 0 bridgehead atoms. The molecule has 0 radical (unpaired) electrons. The smallest absolute Gasteiger partial charge is 0.120 e. The van der Waals surface area contributed by atoms with Crippen molar-refractivity contribution in [2.45, 2.75) is 13.5 Å². The van der Waals surface area contributed by atoms with Gasteiger partial charge in [-0.2, -0.15) is 5.10 Å². The van der Waals surface area contributed by atoms with E-state index in [4.69, 9.17) is 4.74 Å². The van der Waals surface area contributed by atoms with Gasteiger partial charge in [0.1, 0.15) is 5.75 Å². The van der Waals surface area contributed by atoms with E-state index in [1.807, 2.05) is 12.3 Å². The Morgan fingerprint density at radius 3 is 2.73 bits per heavy atom. The molecule has 1 aliphatic rings. The molecule has 2 aromatic carbocycles. The molecule has 2 heterocycles. The van der Waals surface area contributed by atoms with Crippen LogP contribution in [0.2, 0.25) is 0 Å². The summed E-state index contributed by atoms with van der Waals surface area (Å²) in [7, 11) is 1.70. The maximum atomic E-state index is 5.40. The number of hydrogen-bond acceptors (Lipinski definition) is 3. The normalized spacial score (nSPS) is 12.7. The number of nitrogens with zero attached hydrogens (tertiary/aromatic N) is 2. The molecule has 0 saturated carbocycles. The van der Waals surface area contributed by atoms with Gasteiger partial charge >= 0.3 is 0 Å². The highest BCUT2D eigenvalue weighted by molar-refractivity contribution is 5.86. The van der Waals surface area contributed by atoms with E-state index in [-0.39, 0.29) is 0 Å². The van der Waals surface area contributed by atoms with Crippen molar-refractivity contribution in [3.63, 3.8) is 0 Å². The number of H-pyrrole nitrogens is 1. The molecule has 0 fully saturated rings. The molecule has 3 aromatic rings. The molecule has 1 aromatic heterocycles. The lowest BCUT2D eigenvalue weighted by molar-refractivity contribution is 0.415. The van der Waals surface area contributed by atoms with Crippen LogP contribution < -0.4 is 9.64 Å². The first-order chi connectivity index (χ1) is 10.8. The SMILES string of the molecule is COc1ccc2c(c1)N(c1ccc(C)cc1)Cc1cn[nH]c1-2. The van der Waals surface area contributed by atoms with Crippen molar-refractivity contribution in [2.24, 2.45) is 0 Å². The Morgan fingerprint density at radius 1 is 1.14 bits per heavy atom. The Morgan fingerprint density at radius 2 is 1.95 bits per heavy atom. The van der Waals surface area contributed by atoms with Crippen molar-refractivity contribution in [2.75, 3.05) is 12.0 Å². The van der Waals surface area contributed by atoms with Gasteiger partial charge in [-0.3, -0.25) is 5.10 Å². The average molecular weight is 291 g/mol. The van der Waals surface area contributed by atoms with E-state index in [2.05, 4.69) is 58.4 Å². The first-order valence-electron chi connectivity index (χ1n) is 7.31. The van der Waals surface area contributed by atoms with E-state index in [1.165, 1.54) is 16.8 Å². The number of methoxy groups -OCH3 is 1. The zero-order chi connectivity index (χ0) is 15.1. The highest BCUT2D eigenvalue weighted by Crippen LogP contribution is 2.43. The zero-order valence-corrected chi connectivity index (χ0v) is 12.6. The number of rotatable bonds is 2. The predicted molar refractivity (Wildman–Crippen MR) is 87.6 cm³/mol. The third-order valence-corrected chi connectivity index (χ3v) is 4.16. The molecule has 0 saturated heterocycles. The number of aromatic amines is 1. The van der Waals surface area contributed by atoms with Gasteiger partial charge in [0.25, 0.3) is 0 Å². The fourth-order valence-electron chi connectivity index (χ4n) is 2.95. The molecule has 0 aliphatic carbocycles. The van der Waals surface area contributed by atoms with Gasteiger partial charge in [0.15, 0.2) is 0 Å². The van der Waals surface area contributed by atoms with Crippen LogP contribution in [0.1, 0.15) is 11.1 Å². The summed E-state index contributed by atoms with van der Waals surface area (Å²) in [4.78, 5) is 2.30. The number of hydrogen-bond donors (Lipinski definition) is 1. The maximum Gasteiger partial charge on any atom is 0.120 e. The fraction of sp³-hybridized carbons (Fsp3) is 0.167. The summed E-state index contributed by atoms with van der Waals surface area (Å²) in [6, 6.07) is 14.8. The van der Waals surface area contributed by atoms with Crippen molar-refractivity contribution in [1.29, 1.82) is 0 Å². The van der Waals surface area contributed by atoms with Gasteiger partial charge < -0.3 is 9.64 Å². The molecule has 0 spiro atoms. The van der Waals surface area contributed by atoms with E-state index < -0.39 is 0 Å². The van der Waals surface area contributed by atoms with E-state index in [1.54, 1.807) is 7.11 Å². The predicted octanol–water partition coefficient (Wildman–Crippen LogP) is 4.05. The number of benzene rings is 2. The van der Waals surface area contributed by atoms with Crippen LogP contribution in [0.15, 0.2) is 48.7 Å². The summed E-state index contributed by atoms with van der Waals surface area (Å²) < 4.78 is 5.40. The molecule has 1 aliphatic heterocycles. The molecule has 4 nitrogen and oxygen atoms in total. The topological polar surface area (TPSA) is 41.1 Å². The van der Waals surface area contributed by atoms with Crippen LogP contribution in [0.3, 0.4) is 0 Å². The Labute approximate surface area is 129 Å². The van der Waals surface area contributed by atoms with Gasteiger partial charge in [0.05, 0.1) is 31.2 Å². The van der Waals surface area contributed by atoms with Crippen LogP contribution in [0.4, 0.5) is 11.4 Å². The van der Waals surface area contributed by atoms with E-state index in [0.717, 1.165) is 29.2 Å². The summed E-state index contributed by atoms with van der Waals surface area (Å²) in [6.45, 7) is 2.90. The monoisotopic (exact) mass is 291 g/mol. The first kappa shape index (κ1) is 13.0. The lowest BCUT2D eigenvalue weighted by Gasteiger charge is -2.31. The summed E-state index contributed by atoms with van der Waals surface area (Å²) in [6.07, 6.45) is 1.91. The summed E-state index contributed by atoms with van der Waals surface area (Å²) in [5.74, 6) is 0.860. The largest absolute Gasteiger partial charge is 0.497 e. The van der Waals surface area contributed by atoms with Gasteiger partial charge in [-0.1, -0.05) is 17.7 Å². The maximum absolute atomic E-state index is 5.40. The number of fused-ring (bicyclic) bond motifs is 3. The van der Waals surface area contributed by atoms with Gasteiger partial charge in [0.2, 0.25) is 0 Å². The highest BCUT2D eigenvalue weighted by atomic mass is 16.5. The van der Waals surface area contributed by atoms with Gasteiger partial charge in [-0.25, -0.2) is 0 Å². The van der Waals surface area contributed by atoms with Crippen LogP contribution in [0.5, 0.6) is 5.75 Å². The molecular weight excluding hydrogens is 274 g/mol.